The fraction of sp³-hybridized carbons (Fsp3) is 0.429. The zero-order chi connectivity index (χ0) is 15.8. The Morgan fingerprint density at radius 3 is 2.52 bits per heavy atom. The number of benzene rings is 1. The van der Waals surface area contributed by atoms with Crippen LogP contribution in [0.2, 0.25) is 0 Å². The fourth-order valence-electron chi connectivity index (χ4n) is 1.49. The molecule has 0 aliphatic carbocycles. The molecule has 0 aliphatic heterocycles. The van der Waals surface area contributed by atoms with Gasteiger partial charge in [0.25, 0.3) is 0 Å². The first-order valence-electron chi connectivity index (χ1n) is 6.41. The van der Waals surface area contributed by atoms with Gasteiger partial charge in [-0.2, -0.15) is 0 Å². The smallest absolute Gasteiger partial charge is 0.413 e. The number of nitrogens with zero attached hydrogens (tertiary/aromatic N) is 1. The molecule has 0 saturated carbocycles. The highest BCUT2D eigenvalue weighted by Crippen LogP contribution is 2.15. The molecule has 1 aromatic rings. The Balaban J connectivity index is 2.35. The average molecular weight is 359 g/mol. The number of carbonyl (C=O) groups is 2. The van der Waals surface area contributed by atoms with Gasteiger partial charge in [-0.25, -0.2) is 4.79 Å². The maximum atomic E-state index is 11.7. The molecule has 21 heavy (non-hydrogen) atoms. The van der Waals surface area contributed by atoms with Crippen LogP contribution in [0.3, 0.4) is 0 Å². The number of amides is 2. The summed E-state index contributed by atoms with van der Waals surface area (Å²) in [5.74, 6) is 0.353. The maximum Gasteiger partial charge on any atom is 0.413 e. The number of rotatable bonds is 6. The van der Waals surface area contributed by atoms with E-state index in [2.05, 4.69) is 26.0 Å². The van der Waals surface area contributed by atoms with Crippen LogP contribution in [0.15, 0.2) is 28.7 Å². The van der Waals surface area contributed by atoms with E-state index in [0.717, 1.165) is 10.2 Å². The first kappa shape index (κ1) is 17.5. The molecule has 1 atom stereocenters. The Hall–Kier alpha value is -1.60. The Morgan fingerprint density at radius 1 is 1.33 bits per heavy atom. The van der Waals surface area contributed by atoms with Gasteiger partial charge in [0.2, 0.25) is 5.91 Å². The minimum Gasteiger partial charge on any atom is -0.492 e. The minimum absolute atomic E-state index is 0.409. The van der Waals surface area contributed by atoms with E-state index in [1.54, 1.807) is 18.9 Å². The number of halogens is 1. The van der Waals surface area contributed by atoms with Crippen LogP contribution >= 0.6 is 15.9 Å². The molecule has 0 radical (unpaired) electrons. The second-order valence-electron chi connectivity index (χ2n) is 4.44. The van der Waals surface area contributed by atoms with Crippen LogP contribution in [0.25, 0.3) is 0 Å². The van der Waals surface area contributed by atoms with E-state index in [0.29, 0.717) is 13.2 Å². The highest BCUT2D eigenvalue weighted by atomic mass is 79.9. The Morgan fingerprint density at radius 2 is 1.95 bits per heavy atom. The fourth-order valence-corrected chi connectivity index (χ4v) is 1.75. The summed E-state index contributed by atoms with van der Waals surface area (Å²) in [6.45, 7) is 2.69. The summed E-state index contributed by atoms with van der Waals surface area (Å²) in [7, 11) is 3.00. The quantitative estimate of drug-likeness (QED) is 0.842. The van der Waals surface area contributed by atoms with Gasteiger partial charge in [-0.1, -0.05) is 15.9 Å². The van der Waals surface area contributed by atoms with Crippen LogP contribution in [0, 0.1) is 0 Å². The van der Waals surface area contributed by atoms with Crippen LogP contribution in [0.4, 0.5) is 4.79 Å². The van der Waals surface area contributed by atoms with Crippen LogP contribution in [0.1, 0.15) is 6.92 Å². The summed E-state index contributed by atoms with van der Waals surface area (Å²) in [6, 6.07) is 7.05. The monoisotopic (exact) mass is 358 g/mol. The summed E-state index contributed by atoms with van der Waals surface area (Å²) in [6.07, 6.45) is -0.758. The Bertz CT molecular complexity index is 478. The van der Waals surface area contributed by atoms with Gasteiger partial charge in [-0.3, -0.25) is 15.0 Å². The van der Waals surface area contributed by atoms with Gasteiger partial charge in [-0.15, -0.1) is 0 Å². The average Bonchev–Trinajstić information content (AvgIpc) is 2.48. The van der Waals surface area contributed by atoms with Gasteiger partial charge < -0.3 is 9.47 Å². The summed E-state index contributed by atoms with van der Waals surface area (Å²) >= 11 is 3.35. The third-order valence-electron chi connectivity index (χ3n) is 2.98. The van der Waals surface area contributed by atoms with E-state index in [4.69, 9.17) is 4.74 Å². The summed E-state index contributed by atoms with van der Waals surface area (Å²) in [4.78, 5) is 24.5. The summed E-state index contributed by atoms with van der Waals surface area (Å²) < 4.78 is 10.9. The zero-order valence-electron chi connectivity index (χ0n) is 12.3. The van der Waals surface area contributed by atoms with Crippen molar-refractivity contribution in [2.24, 2.45) is 0 Å². The van der Waals surface area contributed by atoms with E-state index in [1.807, 2.05) is 24.3 Å². The zero-order valence-corrected chi connectivity index (χ0v) is 13.8. The number of hydrogen-bond acceptors (Lipinski definition) is 5. The lowest BCUT2D eigenvalue weighted by atomic mass is 10.3. The highest BCUT2D eigenvalue weighted by molar-refractivity contribution is 9.10. The molecule has 0 spiro atoms. The van der Waals surface area contributed by atoms with Crippen molar-refractivity contribution in [1.82, 2.24) is 10.2 Å². The number of alkyl carbamates (subject to hydrolysis) is 1. The second-order valence-corrected chi connectivity index (χ2v) is 5.36. The molecular formula is C14H19BrN2O4. The number of ether oxygens (including phenoxy) is 2. The van der Waals surface area contributed by atoms with Crippen molar-refractivity contribution in [3.63, 3.8) is 0 Å². The second kappa shape index (κ2) is 8.63. The molecule has 2 amide bonds. The van der Waals surface area contributed by atoms with E-state index in [1.165, 1.54) is 7.11 Å². The van der Waals surface area contributed by atoms with Crippen molar-refractivity contribution in [2.75, 3.05) is 27.3 Å². The van der Waals surface area contributed by atoms with E-state index >= 15 is 0 Å². The molecule has 0 fully saturated rings. The molecule has 0 heterocycles. The molecular weight excluding hydrogens is 340 g/mol. The number of methoxy groups -OCH3 is 1. The van der Waals surface area contributed by atoms with Crippen molar-refractivity contribution in [3.8, 4) is 5.75 Å². The Labute approximate surface area is 132 Å². The topological polar surface area (TPSA) is 67.9 Å². The standard InChI is InChI=1S/C14H19BrN2O4/c1-10(13(18)16-14(19)20-3)17(2)8-9-21-12-6-4-11(15)5-7-12/h4-7,10H,8-9H2,1-3H3,(H,16,18,19)/t10-/m0/s1. The normalized spacial score (nSPS) is 11.9. The third kappa shape index (κ3) is 6.14. The lowest BCUT2D eigenvalue weighted by molar-refractivity contribution is -0.124. The third-order valence-corrected chi connectivity index (χ3v) is 3.51. The van der Waals surface area contributed by atoms with Gasteiger partial charge in [0.05, 0.1) is 13.2 Å². The van der Waals surface area contributed by atoms with Crippen molar-refractivity contribution in [1.29, 1.82) is 0 Å². The van der Waals surface area contributed by atoms with Gasteiger partial charge in [0.15, 0.2) is 0 Å². The lowest BCUT2D eigenvalue weighted by Gasteiger charge is -2.23. The number of hydrogen-bond donors (Lipinski definition) is 1. The molecule has 116 valence electrons. The SMILES string of the molecule is COC(=O)NC(=O)[C@H](C)N(C)CCOc1ccc(Br)cc1. The van der Waals surface area contributed by atoms with Crippen LogP contribution in [-0.4, -0.2) is 50.3 Å². The highest BCUT2D eigenvalue weighted by Gasteiger charge is 2.20. The summed E-state index contributed by atoms with van der Waals surface area (Å²) in [5.41, 5.74) is 0. The number of imide groups is 1. The molecule has 1 rings (SSSR count). The molecule has 0 unspecified atom stereocenters. The Kier molecular flexibility index (Phi) is 7.18. The molecule has 0 aliphatic rings. The number of likely N-dealkylation sites (N-methyl/N-ethyl adjacent to an activating group) is 1. The van der Waals surface area contributed by atoms with Crippen LogP contribution in [-0.2, 0) is 9.53 Å². The molecule has 6 nitrogen and oxygen atoms in total. The van der Waals surface area contributed by atoms with E-state index < -0.39 is 18.0 Å². The van der Waals surface area contributed by atoms with Crippen molar-refractivity contribution in [3.05, 3.63) is 28.7 Å². The van der Waals surface area contributed by atoms with Crippen LogP contribution < -0.4 is 10.1 Å². The first-order valence-corrected chi connectivity index (χ1v) is 7.20. The van der Waals surface area contributed by atoms with Crippen molar-refractivity contribution in [2.45, 2.75) is 13.0 Å². The van der Waals surface area contributed by atoms with E-state index in [-0.39, 0.29) is 0 Å². The molecule has 0 saturated heterocycles. The molecule has 1 N–H and O–H groups in total. The number of nitrogens with one attached hydrogen (secondary N) is 1. The molecule has 7 heteroatoms. The molecule has 0 aromatic heterocycles. The summed E-state index contributed by atoms with van der Waals surface area (Å²) in [5, 5.41) is 2.14. The van der Waals surface area contributed by atoms with Gasteiger partial charge >= 0.3 is 6.09 Å². The largest absolute Gasteiger partial charge is 0.492 e. The first-order chi connectivity index (χ1) is 9.93. The van der Waals surface area contributed by atoms with Gasteiger partial charge in [0, 0.05) is 11.0 Å². The van der Waals surface area contributed by atoms with Gasteiger partial charge in [0.1, 0.15) is 12.4 Å². The minimum atomic E-state index is -0.758. The lowest BCUT2D eigenvalue weighted by Crippen LogP contribution is -2.46. The van der Waals surface area contributed by atoms with Gasteiger partial charge in [-0.05, 0) is 38.2 Å². The number of carbonyl (C=O) groups excluding carboxylic acids is 2. The van der Waals surface area contributed by atoms with Crippen molar-refractivity contribution < 1.29 is 19.1 Å². The predicted octanol–water partition coefficient (Wildman–Crippen LogP) is 2.03. The molecule has 1 aromatic carbocycles. The maximum absolute atomic E-state index is 11.7. The van der Waals surface area contributed by atoms with Crippen LogP contribution in [0.5, 0.6) is 5.75 Å². The van der Waals surface area contributed by atoms with Crippen molar-refractivity contribution >= 4 is 27.9 Å². The van der Waals surface area contributed by atoms with E-state index in [9.17, 15) is 9.59 Å². The predicted molar refractivity (Wildman–Crippen MR) is 82.3 cm³/mol. The molecule has 0 bridgehead atoms.